The van der Waals surface area contributed by atoms with E-state index in [0.717, 1.165) is 29.2 Å². The van der Waals surface area contributed by atoms with Crippen LogP contribution < -0.4 is 15.5 Å². The lowest BCUT2D eigenvalue weighted by Gasteiger charge is -2.28. The van der Waals surface area contributed by atoms with Crippen LogP contribution in [0, 0.1) is 0 Å². The van der Waals surface area contributed by atoms with Crippen LogP contribution in [-0.2, 0) is 29.2 Å². The Balaban J connectivity index is 0.00000196. The summed E-state index contributed by atoms with van der Waals surface area (Å²) >= 11 is 1.52. The van der Waals surface area contributed by atoms with Gasteiger partial charge in [0, 0.05) is 24.5 Å². The summed E-state index contributed by atoms with van der Waals surface area (Å²) in [6, 6.07) is 14.0. The van der Waals surface area contributed by atoms with Gasteiger partial charge in [0.1, 0.15) is 6.54 Å². The molecule has 4 rings (SSSR count). The maximum Gasteiger partial charge on any atom is 0.240 e. The van der Waals surface area contributed by atoms with Crippen molar-refractivity contribution in [2.45, 2.75) is 24.5 Å². The fourth-order valence-corrected chi connectivity index (χ4v) is 4.12. The van der Waals surface area contributed by atoms with Gasteiger partial charge in [-0.15, -0.1) is 24.2 Å². The summed E-state index contributed by atoms with van der Waals surface area (Å²) in [7, 11) is 0. The van der Waals surface area contributed by atoms with E-state index < -0.39 is 0 Å². The molecule has 2 aromatic rings. The highest BCUT2D eigenvalue weighted by molar-refractivity contribution is 8.00. The Bertz CT molecular complexity index is 843. The average molecular weight is 390 g/mol. The molecule has 2 aromatic carbocycles. The third kappa shape index (κ3) is 3.87. The molecule has 136 valence electrons. The van der Waals surface area contributed by atoms with Crippen molar-refractivity contribution in [3.63, 3.8) is 0 Å². The highest BCUT2D eigenvalue weighted by Crippen LogP contribution is 2.34. The molecule has 0 saturated carbocycles. The monoisotopic (exact) mass is 389 g/mol. The first-order valence-electron chi connectivity index (χ1n) is 8.31. The van der Waals surface area contributed by atoms with Gasteiger partial charge in [0.25, 0.3) is 0 Å². The first-order valence-corrected chi connectivity index (χ1v) is 9.29. The average Bonchev–Trinajstić information content (AvgIpc) is 3.10. The zero-order chi connectivity index (χ0) is 17.2. The van der Waals surface area contributed by atoms with E-state index in [1.54, 1.807) is 4.90 Å². The van der Waals surface area contributed by atoms with Crippen molar-refractivity contribution in [3.8, 4) is 0 Å². The molecule has 0 spiro atoms. The third-order valence-electron chi connectivity index (χ3n) is 4.50. The molecule has 2 amide bonds. The summed E-state index contributed by atoms with van der Waals surface area (Å²) in [5.74, 6) is 0.207. The Morgan fingerprint density at radius 2 is 1.96 bits per heavy atom. The molecule has 0 unspecified atom stereocenters. The van der Waals surface area contributed by atoms with Crippen LogP contribution in [0.2, 0.25) is 0 Å². The molecule has 0 fully saturated rings. The zero-order valence-electron chi connectivity index (χ0n) is 14.2. The third-order valence-corrected chi connectivity index (χ3v) is 5.55. The summed E-state index contributed by atoms with van der Waals surface area (Å²) in [5, 5.41) is 6.24. The lowest BCUT2D eigenvalue weighted by Crippen LogP contribution is -2.43. The Morgan fingerprint density at radius 1 is 1.15 bits per heavy atom. The number of para-hydroxylation sites is 1. The second-order valence-electron chi connectivity index (χ2n) is 6.22. The van der Waals surface area contributed by atoms with Crippen molar-refractivity contribution in [1.29, 1.82) is 0 Å². The number of hydrogen-bond donors (Lipinski definition) is 2. The lowest BCUT2D eigenvalue weighted by atomic mass is 10.1. The van der Waals surface area contributed by atoms with Crippen molar-refractivity contribution in [2.75, 3.05) is 17.2 Å². The van der Waals surface area contributed by atoms with Crippen LogP contribution in [0.5, 0.6) is 0 Å². The van der Waals surface area contributed by atoms with E-state index in [1.165, 1.54) is 22.9 Å². The van der Waals surface area contributed by atoms with Gasteiger partial charge in [0.05, 0.1) is 11.4 Å². The topological polar surface area (TPSA) is 61.4 Å². The van der Waals surface area contributed by atoms with Gasteiger partial charge >= 0.3 is 0 Å². The predicted octanol–water partition coefficient (Wildman–Crippen LogP) is 2.47. The van der Waals surface area contributed by atoms with Crippen molar-refractivity contribution in [3.05, 3.63) is 59.2 Å². The standard InChI is InChI=1S/C19H19N3O2S.ClH/c23-18(21-8-13-5-6-14-9-20-10-15(14)7-13)11-22-16-3-1-2-4-17(16)25-12-19(22)24;/h1-7,20H,8-12H2,(H,21,23);1H. The number of amides is 2. The largest absolute Gasteiger partial charge is 0.350 e. The number of nitrogens with one attached hydrogen (secondary N) is 2. The van der Waals surface area contributed by atoms with E-state index in [0.29, 0.717) is 12.3 Å². The molecule has 0 atom stereocenters. The van der Waals surface area contributed by atoms with Gasteiger partial charge in [-0.1, -0.05) is 30.3 Å². The predicted molar refractivity (Wildman–Crippen MR) is 106 cm³/mol. The molecule has 2 aliphatic rings. The molecule has 0 saturated heterocycles. The van der Waals surface area contributed by atoms with Crippen LogP contribution in [0.15, 0.2) is 47.4 Å². The molecule has 2 heterocycles. The van der Waals surface area contributed by atoms with E-state index >= 15 is 0 Å². The summed E-state index contributed by atoms with van der Waals surface area (Å²) < 4.78 is 0. The molecule has 0 bridgehead atoms. The fraction of sp³-hybridized carbons (Fsp3) is 0.263. The molecule has 2 aliphatic heterocycles. The molecule has 0 aliphatic carbocycles. The van der Waals surface area contributed by atoms with Crippen molar-refractivity contribution in [1.82, 2.24) is 10.6 Å². The number of hydrogen-bond acceptors (Lipinski definition) is 4. The van der Waals surface area contributed by atoms with E-state index in [-0.39, 0.29) is 30.8 Å². The molecule has 0 radical (unpaired) electrons. The quantitative estimate of drug-likeness (QED) is 0.843. The van der Waals surface area contributed by atoms with Crippen LogP contribution in [0.25, 0.3) is 0 Å². The number of halogens is 1. The molecular weight excluding hydrogens is 370 g/mol. The van der Waals surface area contributed by atoms with E-state index in [9.17, 15) is 9.59 Å². The number of rotatable bonds is 4. The number of nitrogens with zero attached hydrogens (tertiary/aromatic N) is 1. The summed E-state index contributed by atoms with van der Waals surface area (Å²) in [6.07, 6.45) is 0. The first-order chi connectivity index (χ1) is 12.2. The van der Waals surface area contributed by atoms with Gasteiger partial charge in [0.2, 0.25) is 11.8 Å². The fourth-order valence-electron chi connectivity index (χ4n) is 3.19. The number of benzene rings is 2. The highest BCUT2D eigenvalue weighted by atomic mass is 35.5. The molecule has 0 aromatic heterocycles. The summed E-state index contributed by atoms with van der Waals surface area (Å²) in [6.45, 7) is 2.33. The molecule has 2 N–H and O–H groups in total. The van der Waals surface area contributed by atoms with Crippen LogP contribution in [0.1, 0.15) is 16.7 Å². The van der Waals surface area contributed by atoms with Gasteiger partial charge in [0.15, 0.2) is 0 Å². The van der Waals surface area contributed by atoms with Crippen LogP contribution >= 0.6 is 24.2 Å². The zero-order valence-corrected chi connectivity index (χ0v) is 15.8. The summed E-state index contributed by atoms with van der Waals surface area (Å²) in [4.78, 5) is 27.2. The second-order valence-corrected chi connectivity index (χ2v) is 7.24. The smallest absolute Gasteiger partial charge is 0.240 e. The second kappa shape index (κ2) is 8.12. The Hall–Kier alpha value is -2.02. The maximum atomic E-state index is 12.3. The van der Waals surface area contributed by atoms with Crippen LogP contribution in [0.3, 0.4) is 0 Å². The van der Waals surface area contributed by atoms with Crippen LogP contribution in [-0.4, -0.2) is 24.1 Å². The molecular formula is C19H20ClN3O2S. The Kier molecular flexibility index (Phi) is 5.86. The van der Waals surface area contributed by atoms with Gasteiger partial charge in [-0.25, -0.2) is 0 Å². The Morgan fingerprint density at radius 3 is 2.85 bits per heavy atom. The minimum absolute atomic E-state index is 0. The molecule has 5 nitrogen and oxygen atoms in total. The number of carbonyl (C=O) groups is 2. The van der Waals surface area contributed by atoms with Crippen molar-refractivity contribution in [2.24, 2.45) is 0 Å². The van der Waals surface area contributed by atoms with Gasteiger partial charge in [-0.2, -0.15) is 0 Å². The molecule has 26 heavy (non-hydrogen) atoms. The van der Waals surface area contributed by atoms with Gasteiger partial charge < -0.3 is 15.5 Å². The first kappa shape index (κ1) is 18.8. The minimum Gasteiger partial charge on any atom is -0.350 e. The van der Waals surface area contributed by atoms with E-state index in [4.69, 9.17) is 0 Å². The van der Waals surface area contributed by atoms with E-state index in [1.807, 2.05) is 30.3 Å². The molecule has 7 heteroatoms. The number of carbonyl (C=O) groups excluding carboxylic acids is 2. The van der Waals surface area contributed by atoms with Gasteiger partial charge in [-0.05, 0) is 28.8 Å². The van der Waals surface area contributed by atoms with Crippen molar-refractivity contribution < 1.29 is 9.59 Å². The summed E-state index contributed by atoms with van der Waals surface area (Å²) in [5.41, 5.74) is 4.52. The van der Waals surface area contributed by atoms with Gasteiger partial charge in [-0.3, -0.25) is 9.59 Å². The van der Waals surface area contributed by atoms with Crippen molar-refractivity contribution >= 4 is 41.7 Å². The highest BCUT2D eigenvalue weighted by Gasteiger charge is 2.26. The normalized spacial score (nSPS) is 15.1. The number of thioether (sulfide) groups is 1. The lowest BCUT2D eigenvalue weighted by molar-refractivity contribution is -0.123. The Labute approximate surface area is 162 Å². The SMILES string of the molecule is Cl.O=C(CN1C(=O)CSc2ccccc21)NCc1ccc2c(c1)CNC2. The number of anilines is 1. The van der Waals surface area contributed by atoms with E-state index in [2.05, 4.69) is 22.8 Å². The van der Waals surface area contributed by atoms with Crippen LogP contribution in [0.4, 0.5) is 5.69 Å². The minimum atomic E-state index is -0.145. The number of fused-ring (bicyclic) bond motifs is 2. The maximum absolute atomic E-state index is 12.3.